The normalized spacial score (nSPS) is 8.25. The Kier molecular flexibility index (Phi) is 6.80. The molecule has 0 saturated heterocycles. The molecule has 6 nitrogen and oxygen atoms in total. The number of nitrogens with one attached hydrogen (secondary N) is 1. The van der Waals surface area contributed by atoms with E-state index in [4.69, 9.17) is 10.8 Å². The van der Waals surface area contributed by atoms with Gasteiger partial charge in [0.05, 0.1) is 0 Å². The standard InChI is InChI=1S/C7H7NO.C3H5NO3/c8-7(9)6-4-2-1-3-5-6;5-2-4-1-3(6)7/h1-5H,(H2,8,9);2H,1H2,(H,4,5)(H,6,7). The Balaban J connectivity index is 0.000000293. The lowest BCUT2D eigenvalue weighted by molar-refractivity contribution is -0.136. The first kappa shape index (κ1) is 13.6. The van der Waals surface area contributed by atoms with E-state index in [1.807, 2.05) is 11.4 Å². The van der Waals surface area contributed by atoms with Crippen molar-refractivity contribution in [1.29, 1.82) is 0 Å². The van der Waals surface area contributed by atoms with Gasteiger partial charge in [0.25, 0.3) is 0 Å². The number of amides is 2. The second-order valence-corrected chi connectivity index (χ2v) is 2.62. The minimum absolute atomic E-state index is 0.302. The summed E-state index contributed by atoms with van der Waals surface area (Å²) in [5.41, 5.74) is 5.53. The van der Waals surface area contributed by atoms with Crippen molar-refractivity contribution in [3.8, 4) is 0 Å². The Morgan fingerprint density at radius 2 is 1.88 bits per heavy atom. The zero-order chi connectivity index (χ0) is 12.4. The molecular formula is C10H12N2O4. The number of hydrogen-bond donors (Lipinski definition) is 3. The average Bonchev–Trinajstić information content (AvgIpc) is 2.28. The van der Waals surface area contributed by atoms with Gasteiger partial charge in [0, 0.05) is 5.56 Å². The Labute approximate surface area is 92.1 Å². The van der Waals surface area contributed by atoms with Gasteiger partial charge in [-0.3, -0.25) is 14.4 Å². The summed E-state index contributed by atoms with van der Waals surface area (Å²) < 4.78 is 0. The minimum Gasteiger partial charge on any atom is -0.480 e. The van der Waals surface area contributed by atoms with E-state index in [0.29, 0.717) is 12.0 Å². The fraction of sp³-hybridized carbons (Fsp3) is 0.100. The number of hydrogen-bond acceptors (Lipinski definition) is 3. The fourth-order valence-electron chi connectivity index (χ4n) is 0.731. The predicted molar refractivity (Wildman–Crippen MR) is 56.7 cm³/mol. The van der Waals surface area contributed by atoms with E-state index in [1.54, 1.807) is 24.3 Å². The van der Waals surface area contributed by atoms with Gasteiger partial charge < -0.3 is 16.2 Å². The summed E-state index contributed by atoms with van der Waals surface area (Å²) in [5, 5.41) is 9.79. The number of carboxylic acid groups (broad SMARTS) is 1. The van der Waals surface area contributed by atoms with Crippen LogP contribution in [0.2, 0.25) is 0 Å². The maximum Gasteiger partial charge on any atom is 0.322 e. The van der Waals surface area contributed by atoms with Crippen LogP contribution in [0.25, 0.3) is 0 Å². The predicted octanol–water partition coefficient (Wildman–Crippen LogP) is -0.398. The Bertz CT molecular complexity index is 351. The SMILES string of the molecule is NC(=O)c1ccccc1.O=CNCC(=O)O. The van der Waals surface area contributed by atoms with Gasteiger partial charge in [0.2, 0.25) is 12.3 Å². The number of rotatable bonds is 4. The molecule has 0 aliphatic carbocycles. The molecule has 0 aromatic heterocycles. The highest BCUT2D eigenvalue weighted by Crippen LogP contribution is 1.94. The van der Waals surface area contributed by atoms with E-state index in [-0.39, 0.29) is 12.5 Å². The number of benzene rings is 1. The van der Waals surface area contributed by atoms with Crippen LogP contribution in [0, 0.1) is 0 Å². The maximum absolute atomic E-state index is 10.4. The summed E-state index contributed by atoms with van der Waals surface area (Å²) >= 11 is 0. The van der Waals surface area contributed by atoms with E-state index in [1.165, 1.54) is 0 Å². The minimum atomic E-state index is -1.04. The van der Waals surface area contributed by atoms with Gasteiger partial charge in [-0.15, -0.1) is 0 Å². The third kappa shape index (κ3) is 7.07. The van der Waals surface area contributed by atoms with Crippen molar-refractivity contribution in [3.63, 3.8) is 0 Å². The number of nitrogens with two attached hydrogens (primary N) is 1. The molecule has 0 aliphatic rings. The first-order valence-corrected chi connectivity index (χ1v) is 4.31. The van der Waals surface area contributed by atoms with Gasteiger partial charge in [0.1, 0.15) is 6.54 Å². The van der Waals surface area contributed by atoms with Crippen molar-refractivity contribution >= 4 is 18.3 Å². The second-order valence-electron chi connectivity index (χ2n) is 2.62. The second kappa shape index (κ2) is 7.98. The van der Waals surface area contributed by atoms with Gasteiger partial charge >= 0.3 is 5.97 Å². The largest absolute Gasteiger partial charge is 0.480 e. The van der Waals surface area contributed by atoms with E-state index in [0.717, 1.165) is 0 Å². The lowest BCUT2D eigenvalue weighted by atomic mass is 10.2. The number of carbonyl (C=O) groups is 3. The Morgan fingerprint density at radius 3 is 2.12 bits per heavy atom. The molecule has 16 heavy (non-hydrogen) atoms. The van der Waals surface area contributed by atoms with E-state index >= 15 is 0 Å². The number of aliphatic carboxylic acids is 1. The molecule has 4 N–H and O–H groups in total. The molecule has 1 aromatic carbocycles. The molecule has 1 rings (SSSR count). The van der Waals surface area contributed by atoms with Crippen LogP contribution in [0.15, 0.2) is 30.3 Å². The summed E-state index contributed by atoms with van der Waals surface area (Å²) in [7, 11) is 0. The van der Waals surface area contributed by atoms with Gasteiger partial charge in [-0.1, -0.05) is 18.2 Å². The molecule has 0 atom stereocenters. The lowest BCUT2D eigenvalue weighted by Gasteiger charge is -1.89. The summed E-state index contributed by atoms with van der Waals surface area (Å²) in [5.74, 6) is -1.41. The molecule has 1 aromatic rings. The van der Waals surface area contributed by atoms with Crippen LogP contribution >= 0.6 is 0 Å². The van der Waals surface area contributed by atoms with Crippen LogP contribution in [-0.4, -0.2) is 29.9 Å². The maximum atomic E-state index is 10.4. The van der Waals surface area contributed by atoms with Crippen LogP contribution in [-0.2, 0) is 9.59 Å². The topological polar surface area (TPSA) is 109 Å². The lowest BCUT2D eigenvalue weighted by Crippen LogP contribution is -2.20. The number of carbonyl (C=O) groups excluding carboxylic acids is 2. The highest BCUT2D eigenvalue weighted by Gasteiger charge is 1.93. The van der Waals surface area contributed by atoms with Gasteiger partial charge in [-0.25, -0.2) is 0 Å². The summed E-state index contributed by atoms with van der Waals surface area (Å²) in [4.78, 5) is 29.3. The molecule has 0 saturated carbocycles. The zero-order valence-corrected chi connectivity index (χ0v) is 8.42. The van der Waals surface area contributed by atoms with Crippen LogP contribution in [0.5, 0.6) is 0 Å². The molecule has 2 amide bonds. The van der Waals surface area contributed by atoms with Crippen LogP contribution < -0.4 is 11.1 Å². The quantitative estimate of drug-likeness (QED) is 0.604. The monoisotopic (exact) mass is 224 g/mol. The van der Waals surface area contributed by atoms with E-state index in [2.05, 4.69) is 0 Å². The van der Waals surface area contributed by atoms with Crippen molar-refractivity contribution in [1.82, 2.24) is 5.32 Å². The Hall–Kier alpha value is -2.37. The molecule has 0 aliphatic heterocycles. The summed E-state index contributed by atoms with van der Waals surface area (Å²) in [6.45, 7) is -0.302. The molecular weight excluding hydrogens is 212 g/mol. The van der Waals surface area contributed by atoms with Crippen LogP contribution in [0.1, 0.15) is 10.4 Å². The van der Waals surface area contributed by atoms with Crippen molar-refractivity contribution in [2.24, 2.45) is 5.73 Å². The van der Waals surface area contributed by atoms with Crippen molar-refractivity contribution in [3.05, 3.63) is 35.9 Å². The van der Waals surface area contributed by atoms with Crippen molar-refractivity contribution < 1.29 is 19.5 Å². The van der Waals surface area contributed by atoms with E-state index in [9.17, 15) is 14.4 Å². The highest BCUT2D eigenvalue weighted by atomic mass is 16.4. The van der Waals surface area contributed by atoms with Crippen molar-refractivity contribution in [2.45, 2.75) is 0 Å². The molecule has 0 unspecified atom stereocenters. The van der Waals surface area contributed by atoms with Crippen LogP contribution in [0.3, 0.4) is 0 Å². The molecule has 0 spiro atoms. The first-order valence-electron chi connectivity index (χ1n) is 4.31. The van der Waals surface area contributed by atoms with Crippen LogP contribution in [0.4, 0.5) is 0 Å². The molecule has 0 radical (unpaired) electrons. The number of carboxylic acids is 1. The third-order valence-corrected chi connectivity index (χ3v) is 1.39. The van der Waals surface area contributed by atoms with E-state index < -0.39 is 5.97 Å². The van der Waals surface area contributed by atoms with Gasteiger partial charge in [0.15, 0.2) is 0 Å². The molecule has 6 heteroatoms. The average molecular weight is 224 g/mol. The van der Waals surface area contributed by atoms with Crippen molar-refractivity contribution in [2.75, 3.05) is 6.54 Å². The molecule has 0 fully saturated rings. The summed E-state index contributed by atoms with van der Waals surface area (Å²) in [6.07, 6.45) is 0.341. The smallest absolute Gasteiger partial charge is 0.322 e. The Morgan fingerprint density at radius 1 is 1.31 bits per heavy atom. The molecule has 0 heterocycles. The fourth-order valence-corrected chi connectivity index (χ4v) is 0.731. The molecule has 0 bridgehead atoms. The third-order valence-electron chi connectivity index (χ3n) is 1.39. The first-order chi connectivity index (χ1) is 7.57. The number of primary amides is 1. The zero-order valence-electron chi connectivity index (χ0n) is 8.42. The highest BCUT2D eigenvalue weighted by molar-refractivity contribution is 5.92. The molecule has 86 valence electrons. The van der Waals surface area contributed by atoms with Gasteiger partial charge in [-0.05, 0) is 12.1 Å². The van der Waals surface area contributed by atoms with Gasteiger partial charge in [-0.2, -0.15) is 0 Å². The summed E-state index contributed by atoms with van der Waals surface area (Å²) in [6, 6.07) is 8.76.